The van der Waals surface area contributed by atoms with Crippen LogP contribution in [0.1, 0.15) is 65.2 Å². The molecule has 0 N–H and O–H groups in total. The van der Waals surface area contributed by atoms with Crippen LogP contribution in [0, 0.1) is 5.92 Å². The summed E-state index contributed by atoms with van der Waals surface area (Å²) in [6, 6.07) is 0. The largest absolute Gasteiger partial charge is 0.281 e. The first-order valence-corrected chi connectivity index (χ1v) is 6.29. The van der Waals surface area contributed by atoms with Crippen molar-refractivity contribution in [3.63, 3.8) is 0 Å². The molecule has 1 saturated carbocycles. The Morgan fingerprint density at radius 2 is 1.57 bits per heavy atom. The molecular formula is C12H23ClO. The molecule has 0 aromatic rings. The van der Waals surface area contributed by atoms with E-state index in [2.05, 4.69) is 13.8 Å². The molecule has 14 heavy (non-hydrogen) atoms. The van der Waals surface area contributed by atoms with Crippen molar-refractivity contribution in [3.05, 3.63) is 0 Å². The normalized spacial score (nSPS) is 16.2. The van der Waals surface area contributed by atoms with Gasteiger partial charge in [-0.05, 0) is 24.4 Å². The Morgan fingerprint density at radius 3 is 1.79 bits per heavy atom. The van der Waals surface area contributed by atoms with E-state index in [0.29, 0.717) is 0 Å². The molecule has 0 unspecified atom stereocenters. The topological polar surface area (TPSA) is 17.1 Å². The van der Waals surface area contributed by atoms with Gasteiger partial charge in [0.2, 0.25) is 5.24 Å². The SMILES string of the molecule is CCCCCC.O=C(Cl)C1CCCC1. The van der Waals surface area contributed by atoms with E-state index in [1.807, 2.05) is 0 Å². The summed E-state index contributed by atoms with van der Waals surface area (Å²) in [5.41, 5.74) is 0. The van der Waals surface area contributed by atoms with Crippen molar-refractivity contribution in [1.29, 1.82) is 0 Å². The van der Waals surface area contributed by atoms with Crippen LogP contribution >= 0.6 is 11.6 Å². The van der Waals surface area contributed by atoms with Gasteiger partial charge in [-0.1, -0.05) is 52.4 Å². The number of hydrogen-bond acceptors (Lipinski definition) is 1. The second kappa shape index (κ2) is 9.51. The number of hydrogen-bond donors (Lipinski definition) is 0. The van der Waals surface area contributed by atoms with Crippen molar-refractivity contribution < 1.29 is 4.79 Å². The lowest BCUT2D eigenvalue weighted by atomic mass is 10.1. The van der Waals surface area contributed by atoms with Gasteiger partial charge in [0.15, 0.2) is 0 Å². The van der Waals surface area contributed by atoms with E-state index in [1.165, 1.54) is 38.5 Å². The maximum Gasteiger partial charge on any atom is 0.224 e. The fourth-order valence-electron chi connectivity index (χ4n) is 1.65. The summed E-state index contributed by atoms with van der Waals surface area (Å²) in [6.07, 6.45) is 9.94. The molecule has 84 valence electrons. The minimum absolute atomic E-state index is 0.137. The molecule has 0 radical (unpaired) electrons. The highest BCUT2D eigenvalue weighted by atomic mass is 35.5. The summed E-state index contributed by atoms with van der Waals surface area (Å²) in [6.45, 7) is 4.46. The minimum atomic E-state index is -0.137. The van der Waals surface area contributed by atoms with E-state index in [-0.39, 0.29) is 11.2 Å². The zero-order chi connectivity index (χ0) is 10.8. The Kier molecular flexibility index (Phi) is 9.49. The Balaban J connectivity index is 0.000000255. The van der Waals surface area contributed by atoms with Crippen molar-refractivity contribution >= 4 is 16.8 Å². The highest BCUT2D eigenvalue weighted by Gasteiger charge is 2.20. The lowest BCUT2D eigenvalue weighted by Crippen LogP contribution is -2.01. The predicted molar refractivity (Wildman–Crippen MR) is 62.6 cm³/mol. The number of carbonyl (C=O) groups is 1. The van der Waals surface area contributed by atoms with Crippen molar-refractivity contribution in [2.75, 3.05) is 0 Å². The highest BCUT2D eigenvalue weighted by Crippen LogP contribution is 2.26. The van der Waals surface area contributed by atoms with E-state index >= 15 is 0 Å². The maximum atomic E-state index is 10.4. The van der Waals surface area contributed by atoms with Crippen molar-refractivity contribution in [3.8, 4) is 0 Å². The molecule has 0 amide bonds. The summed E-state index contributed by atoms with van der Waals surface area (Å²) in [7, 11) is 0. The molecule has 0 saturated heterocycles. The van der Waals surface area contributed by atoms with Gasteiger partial charge >= 0.3 is 0 Å². The quantitative estimate of drug-likeness (QED) is 0.501. The molecule has 1 rings (SSSR count). The first-order chi connectivity index (χ1) is 6.72. The minimum Gasteiger partial charge on any atom is -0.281 e. The molecule has 2 heteroatoms. The van der Waals surface area contributed by atoms with Crippen LogP contribution < -0.4 is 0 Å². The number of unbranched alkanes of at least 4 members (excludes halogenated alkanes) is 3. The van der Waals surface area contributed by atoms with E-state index in [1.54, 1.807) is 0 Å². The van der Waals surface area contributed by atoms with Crippen LogP contribution in [0.15, 0.2) is 0 Å². The standard InChI is InChI=1S/C6H9ClO.C6H14/c7-6(8)5-3-1-2-4-5;1-3-5-6-4-2/h5H,1-4H2;3-6H2,1-2H3. The Hall–Kier alpha value is -0.0400. The highest BCUT2D eigenvalue weighted by molar-refractivity contribution is 6.64. The maximum absolute atomic E-state index is 10.4. The molecule has 0 heterocycles. The molecular weight excluding hydrogens is 196 g/mol. The molecule has 1 fully saturated rings. The average molecular weight is 219 g/mol. The summed E-state index contributed by atoms with van der Waals surface area (Å²) in [4.78, 5) is 10.4. The Bertz CT molecular complexity index is 135. The summed E-state index contributed by atoms with van der Waals surface area (Å²) in [5, 5.41) is -0.137. The predicted octanol–water partition coefficient (Wildman–Crippen LogP) is 4.53. The smallest absolute Gasteiger partial charge is 0.224 e. The lowest BCUT2D eigenvalue weighted by Gasteiger charge is -1.96. The van der Waals surface area contributed by atoms with Crippen LogP contribution in [0.4, 0.5) is 0 Å². The van der Waals surface area contributed by atoms with E-state index < -0.39 is 0 Å². The second-order valence-electron chi connectivity index (χ2n) is 3.99. The molecule has 0 aromatic carbocycles. The van der Waals surface area contributed by atoms with Gasteiger partial charge in [0.05, 0.1) is 0 Å². The van der Waals surface area contributed by atoms with Crippen molar-refractivity contribution in [1.82, 2.24) is 0 Å². The lowest BCUT2D eigenvalue weighted by molar-refractivity contribution is -0.114. The summed E-state index contributed by atoms with van der Waals surface area (Å²) in [5.74, 6) is 0.191. The van der Waals surface area contributed by atoms with E-state index in [4.69, 9.17) is 11.6 Å². The molecule has 0 aromatic heterocycles. The number of rotatable bonds is 4. The number of carbonyl (C=O) groups excluding carboxylic acids is 1. The van der Waals surface area contributed by atoms with Gasteiger partial charge in [-0.15, -0.1) is 0 Å². The van der Waals surface area contributed by atoms with Crippen LogP contribution in [-0.4, -0.2) is 5.24 Å². The third kappa shape index (κ3) is 7.37. The molecule has 0 atom stereocenters. The van der Waals surface area contributed by atoms with Gasteiger partial charge < -0.3 is 0 Å². The summed E-state index contributed by atoms with van der Waals surface area (Å²) >= 11 is 5.25. The van der Waals surface area contributed by atoms with Gasteiger partial charge in [0.1, 0.15) is 0 Å². The van der Waals surface area contributed by atoms with Gasteiger partial charge in [0.25, 0.3) is 0 Å². The molecule has 0 aliphatic heterocycles. The number of halogens is 1. The molecule has 1 nitrogen and oxygen atoms in total. The fraction of sp³-hybridized carbons (Fsp3) is 0.917. The van der Waals surface area contributed by atoms with Crippen LogP contribution in [0.25, 0.3) is 0 Å². The summed E-state index contributed by atoms with van der Waals surface area (Å²) < 4.78 is 0. The van der Waals surface area contributed by atoms with Crippen LogP contribution in [-0.2, 0) is 4.79 Å². The van der Waals surface area contributed by atoms with Crippen molar-refractivity contribution in [2.24, 2.45) is 5.92 Å². The van der Waals surface area contributed by atoms with Gasteiger partial charge in [-0.2, -0.15) is 0 Å². The molecule has 1 aliphatic carbocycles. The Labute approximate surface area is 93.2 Å². The van der Waals surface area contributed by atoms with Crippen molar-refractivity contribution in [2.45, 2.75) is 65.2 Å². The van der Waals surface area contributed by atoms with Gasteiger partial charge in [0, 0.05) is 5.92 Å². The second-order valence-corrected chi connectivity index (χ2v) is 4.37. The third-order valence-corrected chi connectivity index (χ3v) is 2.94. The van der Waals surface area contributed by atoms with Crippen LogP contribution in [0.3, 0.4) is 0 Å². The zero-order valence-electron chi connectivity index (χ0n) is 9.52. The zero-order valence-corrected chi connectivity index (χ0v) is 10.3. The van der Waals surface area contributed by atoms with E-state index in [0.717, 1.165) is 12.8 Å². The average Bonchev–Trinajstić information content (AvgIpc) is 2.68. The van der Waals surface area contributed by atoms with E-state index in [9.17, 15) is 4.79 Å². The fourth-order valence-corrected chi connectivity index (χ4v) is 1.87. The van der Waals surface area contributed by atoms with Gasteiger partial charge in [-0.25, -0.2) is 0 Å². The molecule has 1 aliphatic rings. The van der Waals surface area contributed by atoms with Gasteiger partial charge in [-0.3, -0.25) is 4.79 Å². The monoisotopic (exact) mass is 218 g/mol. The molecule has 0 spiro atoms. The van der Waals surface area contributed by atoms with Crippen LogP contribution in [0.2, 0.25) is 0 Å². The Morgan fingerprint density at radius 1 is 1.14 bits per heavy atom. The van der Waals surface area contributed by atoms with Crippen LogP contribution in [0.5, 0.6) is 0 Å². The first-order valence-electron chi connectivity index (χ1n) is 5.91. The first kappa shape index (κ1) is 14.0. The molecule has 0 bridgehead atoms. The third-order valence-electron chi connectivity index (χ3n) is 2.63.